The van der Waals surface area contributed by atoms with Crippen LogP contribution in [0.25, 0.3) is 11.0 Å². The van der Waals surface area contributed by atoms with Crippen molar-refractivity contribution in [3.8, 4) is 11.5 Å². The van der Waals surface area contributed by atoms with Crippen molar-refractivity contribution >= 4 is 11.0 Å². The Labute approximate surface area is 176 Å². The molecule has 4 aromatic rings. The first-order valence-electron chi connectivity index (χ1n) is 10.1. The average Bonchev–Trinajstić information content (AvgIpc) is 3.10. The second kappa shape index (κ2) is 9.01. The predicted molar refractivity (Wildman–Crippen MR) is 118 cm³/mol. The Bertz CT molecular complexity index is 1120. The van der Waals surface area contributed by atoms with Gasteiger partial charge in [0.2, 0.25) is 0 Å². The Morgan fingerprint density at radius 3 is 2.47 bits per heavy atom. The molecule has 0 aliphatic rings. The number of nitrogens with zero attached hydrogens (tertiary/aromatic N) is 2. The van der Waals surface area contributed by atoms with Crippen LogP contribution in [-0.2, 0) is 13.0 Å². The van der Waals surface area contributed by atoms with Gasteiger partial charge in [0.15, 0.2) is 0 Å². The lowest BCUT2D eigenvalue weighted by Gasteiger charge is -2.16. The smallest absolute Gasteiger partial charge is 0.122 e. The molecule has 1 N–H and O–H groups in total. The molecule has 0 saturated carbocycles. The molecule has 0 aliphatic heterocycles. The maximum absolute atomic E-state index is 10.7. The first-order valence-corrected chi connectivity index (χ1v) is 10.1. The number of aliphatic hydroxyl groups is 1. The Morgan fingerprint density at radius 2 is 1.70 bits per heavy atom. The summed E-state index contributed by atoms with van der Waals surface area (Å²) >= 11 is 0. The summed E-state index contributed by atoms with van der Waals surface area (Å²) in [5, 5.41) is 10.7. The van der Waals surface area contributed by atoms with Crippen molar-refractivity contribution in [1.29, 1.82) is 0 Å². The predicted octanol–water partition coefficient (Wildman–Crippen LogP) is 4.38. The molecular weight excluding hydrogens is 376 g/mol. The van der Waals surface area contributed by atoms with Gasteiger partial charge in [0.1, 0.15) is 30.0 Å². The molecule has 3 aromatic carbocycles. The van der Waals surface area contributed by atoms with E-state index in [9.17, 15) is 5.11 Å². The quantitative estimate of drug-likeness (QED) is 0.475. The number of aliphatic hydroxyl groups excluding tert-OH is 1. The van der Waals surface area contributed by atoms with E-state index in [1.165, 1.54) is 0 Å². The molecule has 5 heteroatoms. The van der Waals surface area contributed by atoms with Gasteiger partial charge in [0.25, 0.3) is 0 Å². The van der Waals surface area contributed by atoms with Gasteiger partial charge in [0, 0.05) is 6.42 Å². The number of benzene rings is 3. The number of methoxy groups -OCH3 is 1. The molecule has 4 rings (SSSR count). The van der Waals surface area contributed by atoms with Crippen molar-refractivity contribution < 1.29 is 14.6 Å². The summed E-state index contributed by atoms with van der Waals surface area (Å²) in [6, 6.07) is 23.8. The number of hydrogen-bond acceptors (Lipinski definition) is 4. The minimum Gasteiger partial charge on any atom is -0.497 e. The highest BCUT2D eigenvalue weighted by atomic mass is 16.5. The van der Waals surface area contributed by atoms with E-state index in [1.54, 1.807) is 7.11 Å². The lowest BCUT2D eigenvalue weighted by molar-refractivity contribution is 0.0925. The van der Waals surface area contributed by atoms with E-state index >= 15 is 0 Å². The van der Waals surface area contributed by atoms with E-state index in [0.717, 1.165) is 39.5 Å². The van der Waals surface area contributed by atoms with E-state index in [1.807, 2.05) is 79.7 Å². The average molecular weight is 402 g/mol. The van der Waals surface area contributed by atoms with Crippen LogP contribution in [0.5, 0.6) is 11.5 Å². The van der Waals surface area contributed by atoms with Crippen molar-refractivity contribution in [3.05, 3.63) is 89.7 Å². The molecule has 5 nitrogen and oxygen atoms in total. The van der Waals surface area contributed by atoms with Gasteiger partial charge in [-0.1, -0.05) is 42.5 Å². The first-order chi connectivity index (χ1) is 14.6. The highest BCUT2D eigenvalue weighted by molar-refractivity contribution is 5.76. The number of fused-ring (bicyclic) bond motifs is 1. The molecule has 0 spiro atoms. The second-order valence-corrected chi connectivity index (χ2v) is 7.38. The van der Waals surface area contributed by atoms with Gasteiger partial charge < -0.3 is 19.1 Å². The van der Waals surface area contributed by atoms with Gasteiger partial charge in [-0.3, -0.25) is 0 Å². The van der Waals surface area contributed by atoms with Crippen molar-refractivity contribution in [2.75, 3.05) is 13.7 Å². The number of hydrogen-bond donors (Lipinski definition) is 1. The third-order valence-corrected chi connectivity index (χ3v) is 5.17. The third-order valence-electron chi connectivity index (χ3n) is 5.17. The third kappa shape index (κ3) is 4.47. The Morgan fingerprint density at radius 1 is 0.967 bits per heavy atom. The van der Waals surface area contributed by atoms with Crippen molar-refractivity contribution in [1.82, 2.24) is 9.55 Å². The summed E-state index contributed by atoms with van der Waals surface area (Å²) < 4.78 is 13.2. The minimum atomic E-state index is -0.656. The van der Waals surface area contributed by atoms with Crippen LogP contribution >= 0.6 is 0 Å². The fourth-order valence-corrected chi connectivity index (χ4v) is 3.56. The first kappa shape index (κ1) is 20.0. The highest BCUT2D eigenvalue weighted by Gasteiger charge is 2.15. The van der Waals surface area contributed by atoms with Gasteiger partial charge in [-0.25, -0.2) is 4.98 Å². The largest absolute Gasteiger partial charge is 0.497 e. The summed E-state index contributed by atoms with van der Waals surface area (Å²) in [6.45, 7) is 2.63. The molecule has 30 heavy (non-hydrogen) atoms. The number of aromatic nitrogens is 2. The SMILES string of the molecule is COc1ccc(Cc2nc3ccccc3n2C[C@@H](O)COc2ccccc2C)cc1. The molecule has 0 radical (unpaired) electrons. The van der Waals surface area contributed by atoms with Crippen molar-refractivity contribution in [2.45, 2.75) is 26.0 Å². The van der Waals surface area contributed by atoms with Crippen LogP contribution in [0.3, 0.4) is 0 Å². The molecule has 0 saturated heterocycles. The van der Waals surface area contributed by atoms with Gasteiger partial charge in [-0.2, -0.15) is 0 Å². The van der Waals surface area contributed by atoms with Crippen LogP contribution in [0.4, 0.5) is 0 Å². The van der Waals surface area contributed by atoms with Crippen molar-refractivity contribution in [3.63, 3.8) is 0 Å². The van der Waals surface area contributed by atoms with E-state index in [-0.39, 0.29) is 6.61 Å². The van der Waals surface area contributed by atoms with Crippen LogP contribution in [0.2, 0.25) is 0 Å². The van der Waals surface area contributed by atoms with E-state index in [2.05, 4.69) is 4.57 Å². The molecule has 0 bridgehead atoms. The highest BCUT2D eigenvalue weighted by Crippen LogP contribution is 2.21. The van der Waals surface area contributed by atoms with E-state index in [4.69, 9.17) is 14.5 Å². The fourth-order valence-electron chi connectivity index (χ4n) is 3.56. The van der Waals surface area contributed by atoms with Crippen LogP contribution in [0.15, 0.2) is 72.8 Å². The van der Waals surface area contributed by atoms with Crippen LogP contribution in [-0.4, -0.2) is 34.5 Å². The number of aryl methyl sites for hydroxylation is 1. The monoisotopic (exact) mass is 402 g/mol. The Balaban J connectivity index is 1.54. The minimum absolute atomic E-state index is 0.222. The maximum atomic E-state index is 10.7. The zero-order chi connectivity index (χ0) is 20.9. The van der Waals surface area contributed by atoms with Crippen LogP contribution in [0, 0.1) is 6.92 Å². The molecule has 0 fully saturated rings. The van der Waals surface area contributed by atoms with E-state index < -0.39 is 6.10 Å². The normalized spacial score (nSPS) is 12.1. The molecule has 0 amide bonds. The summed E-state index contributed by atoms with van der Waals surface area (Å²) in [5.41, 5.74) is 4.12. The van der Waals surface area contributed by atoms with Gasteiger partial charge >= 0.3 is 0 Å². The summed E-state index contributed by atoms with van der Waals surface area (Å²) in [5.74, 6) is 2.54. The number of para-hydroxylation sites is 3. The standard InChI is InChI=1S/C25H26N2O3/c1-18-7-3-6-10-24(18)30-17-20(28)16-27-23-9-5-4-8-22(23)26-25(27)15-19-11-13-21(29-2)14-12-19/h3-14,20,28H,15-17H2,1-2H3/t20-/m1/s1. The molecule has 1 aromatic heterocycles. The zero-order valence-electron chi connectivity index (χ0n) is 17.3. The summed E-state index contributed by atoms with van der Waals surface area (Å²) in [6.07, 6.45) is 0.0150. The van der Waals surface area contributed by atoms with Crippen molar-refractivity contribution in [2.24, 2.45) is 0 Å². The lowest BCUT2D eigenvalue weighted by atomic mass is 10.1. The molecule has 154 valence electrons. The molecule has 1 atom stereocenters. The van der Waals surface area contributed by atoms with Gasteiger partial charge in [-0.05, 0) is 48.4 Å². The maximum Gasteiger partial charge on any atom is 0.122 e. The number of ether oxygens (including phenoxy) is 2. The molecule has 1 heterocycles. The summed E-state index contributed by atoms with van der Waals surface area (Å²) in [7, 11) is 1.66. The molecule has 0 unspecified atom stereocenters. The fraction of sp³-hybridized carbons (Fsp3) is 0.240. The summed E-state index contributed by atoms with van der Waals surface area (Å²) in [4.78, 5) is 4.82. The molecule has 0 aliphatic carbocycles. The van der Waals surface area contributed by atoms with Gasteiger partial charge in [-0.15, -0.1) is 0 Å². The number of imidazole rings is 1. The topological polar surface area (TPSA) is 56.5 Å². The van der Waals surface area contributed by atoms with Crippen LogP contribution < -0.4 is 9.47 Å². The zero-order valence-corrected chi connectivity index (χ0v) is 17.3. The van der Waals surface area contributed by atoms with Crippen LogP contribution in [0.1, 0.15) is 17.0 Å². The van der Waals surface area contributed by atoms with Gasteiger partial charge in [0.05, 0.1) is 24.7 Å². The molecular formula is C25H26N2O3. The van der Waals surface area contributed by atoms with E-state index in [0.29, 0.717) is 13.0 Å². The lowest BCUT2D eigenvalue weighted by Crippen LogP contribution is -2.24. The number of rotatable bonds is 8. The Kier molecular flexibility index (Phi) is 6.00. The second-order valence-electron chi connectivity index (χ2n) is 7.38. The Hall–Kier alpha value is -3.31.